The number of fused-ring (bicyclic) bond motifs is 1. The van der Waals surface area contributed by atoms with Crippen molar-refractivity contribution in [3.8, 4) is 17.2 Å². The van der Waals surface area contributed by atoms with Crippen molar-refractivity contribution in [1.29, 1.82) is 0 Å². The van der Waals surface area contributed by atoms with Gasteiger partial charge in [-0.15, -0.1) is 0 Å². The van der Waals surface area contributed by atoms with Gasteiger partial charge in [0.15, 0.2) is 11.5 Å². The van der Waals surface area contributed by atoms with Gasteiger partial charge in [0.1, 0.15) is 24.7 Å². The standard InChI is InChI=1S/C29H25NO7/c1-16-11-17(2)13-21(12-16)30-26(19-5-4-6-22(14-19)37-18(3)31)25(28(33)29(30)34)27(32)20-7-8-23-24(15-20)36-10-9-35-23/h4-8,11-15,26,32H,9-10H2,1-3H3/b27-25-. The molecule has 188 valence electrons. The summed E-state index contributed by atoms with van der Waals surface area (Å²) in [6.07, 6.45) is 0. The molecule has 0 saturated carbocycles. The van der Waals surface area contributed by atoms with Gasteiger partial charge in [0.2, 0.25) is 0 Å². The van der Waals surface area contributed by atoms with Crippen LogP contribution in [0.15, 0.2) is 66.2 Å². The number of aliphatic hydroxyl groups excluding tert-OH is 1. The molecule has 1 amide bonds. The van der Waals surface area contributed by atoms with Crippen LogP contribution >= 0.6 is 0 Å². The Bertz CT molecular complexity index is 1450. The number of aryl methyl sites for hydroxylation is 2. The number of esters is 1. The Labute approximate surface area is 213 Å². The van der Waals surface area contributed by atoms with Crippen LogP contribution < -0.4 is 19.1 Å². The normalized spacial score (nSPS) is 18.1. The summed E-state index contributed by atoms with van der Waals surface area (Å²) < 4.78 is 16.5. The zero-order chi connectivity index (χ0) is 26.3. The van der Waals surface area contributed by atoms with Gasteiger partial charge in [-0.2, -0.15) is 0 Å². The summed E-state index contributed by atoms with van der Waals surface area (Å²) in [5, 5.41) is 11.4. The zero-order valence-corrected chi connectivity index (χ0v) is 20.6. The Kier molecular flexibility index (Phi) is 6.17. The maximum atomic E-state index is 13.5. The molecule has 0 aliphatic carbocycles. The van der Waals surface area contributed by atoms with Crippen LogP contribution in [0.1, 0.15) is 35.2 Å². The highest BCUT2D eigenvalue weighted by Gasteiger charge is 2.47. The summed E-state index contributed by atoms with van der Waals surface area (Å²) in [4.78, 5) is 39.9. The minimum absolute atomic E-state index is 0.0826. The van der Waals surface area contributed by atoms with Crippen molar-refractivity contribution in [3.05, 3.63) is 88.5 Å². The van der Waals surface area contributed by atoms with Crippen LogP contribution in [0.5, 0.6) is 17.2 Å². The number of Topliss-reactive ketones (excluding diaryl/α,β-unsaturated/α-hetero) is 1. The molecule has 0 spiro atoms. The van der Waals surface area contributed by atoms with Crippen molar-refractivity contribution in [2.45, 2.75) is 26.8 Å². The van der Waals surface area contributed by atoms with Crippen molar-refractivity contribution in [2.24, 2.45) is 0 Å². The summed E-state index contributed by atoms with van der Waals surface area (Å²) in [6.45, 7) is 5.86. The topological polar surface area (TPSA) is 102 Å². The van der Waals surface area contributed by atoms with Gasteiger partial charge in [-0.3, -0.25) is 19.3 Å². The third-order valence-electron chi connectivity index (χ3n) is 6.18. The van der Waals surface area contributed by atoms with E-state index in [1.54, 1.807) is 42.5 Å². The van der Waals surface area contributed by atoms with Gasteiger partial charge in [0.05, 0.1) is 11.6 Å². The molecular weight excluding hydrogens is 474 g/mol. The first kappa shape index (κ1) is 24.1. The minimum Gasteiger partial charge on any atom is -0.507 e. The van der Waals surface area contributed by atoms with Crippen molar-refractivity contribution in [1.82, 2.24) is 0 Å². The predicted molar refractivity (Wildman–Crippen MR) is 136 cm³/mol. The molecule has 8 nitrogen and oxygen atoms in total. The van der Waals surface area contributed by atoms with Crippen LogP contribution in [-0.2, 0) is 14.4 Å². The fourth-order valence-corrected chi connectivity index (χ4v) is 4.76. The van der Waals surface area contributed by atoms with E-state index in [1.165, 1.54) is 11.8 Å². The van der Waals surface area contributed by atoms with Crippen LogP contribution in [0, 0.1) is 13.8 Å². The summed E-state index contributed by atoms with van der Waals surface area (Å²) in [5.41, 5.74) is 3.07. The first-order valence-electron chi connectivity index (χ1n) is 11.8. The molecule has 2 aliphatic rings. The molecule has 2 aliphatic heterocycles. The van der Waals surface area contributed by atoms with Crippen LogP contribution in [0.3, 0.4) is 0 Å². The quantitative estimate of drug-likeness (QED) is 0.184. The van der Waals surface area contributed by atoms with Crippen LogP contribution in [-0.4, -0.2) is 36.0 Å². The highest BCUT2D eigenvalue weighted by Crippen LogP contribution is 2.44. The Morgan fingerprint density at radius 2 is 1.65 bits per heavy atom. The molecule has 5 rings (SSSR count). The number of ketones is 1. The highest BCUT2D eigenvalue weighted by atomic mass is 16.6. The van der Waals surface area contributed by atoms with Crippen LogP contribution in [0.4, 0.5) is 5.69 Å². The molecule has 1 unspecified atom stereocenters. The van der Waals surface area contributed by atoms with E-state index in [1.807, 2.05) is 32.0 Å². The lowest BCUT2D eigenvalue weighted by Crippen LogP contribution is -2.29. The third-order valence-corrected chi connectivity index (χ3v) is 6.18. The molecule has 1 atom stereocenters. The van der Waals surface area contributed by atoms with E-state index in [0.29, 0.717) is 41.5 Å². The summed E-state index contributed by atoms with van der Waals surface area (Å²) in [5.74, 6) is -1.21. The first-order chi connectivity index (χ1) is 17.7. The van der Waals surface area contributed by atoms with Crippen molar-refractivity contribution >= 4 is 29.1 Å². The average molecular weight is 500 g/mol. The second-order valence-electron chi connectivity index (χ2n) is 9.04. The Hall–Kier alpha value is -4.59. The molecule has 0 bridgehead atoms. The summed E-state index contributed by atoms with van der Waals surface area (Å²) in [6, 6.07) is 16.0. The maximum absolute atomic E-state index is 13.5. The number of aliphatic hydroxyl groups is 1. The number of hydrogen-bond donors (Lipinski definition) is 1. The number of rotatable bonds is 4. The number of hydrogen-bond acceptors (Lipinski definition) is 7. The lowest BCUT2D eigenvalue weighted by Gasteiger charge is -2.26. The maximum Gasteiger partial charge on any atom is 0.308 e. The molecule has 37 heavy (non-hydrogen) atoms. The molecule has 2 heterocycles. The number of anilines is 1. The van der Waals surface area contributed by atoms with E-state index < -0.39 is 23.7 Å². The number of carbonyl (C=O) groups excluding carboxylic acids is 3. The van der Waals surface area contributed by atoms with E-state index in [2.05, 4.69) is 0 Å². The van der Waals surface area contributed by atoms with E-state index in [0.717, 1.165) is 11.1 Å². The highest BCUT2D eigenvalue weighted by molar-refractivity contribution is 6.51. The SMILES string of the molecule is CC(=O)Oc1cccc(C2/C(=C(/O)c3ccc4c(c3)OCCO4)C(=O)C(=O)N2c2cc(C)cc(C)c2)c1. The molecule has 8 heteroatoms. The van der Waals surface area contributed by atoms with E-state index >= 15 is 0 Å². The van der Waals surface area contributed by atoms with E-state index in [9.17, 15) is 19.5 Å². The Morgan fingerprint density at radius 3 is 2.35 bits per heavy atom. The second-order valence-corrected chi connectivity index (χ2v) is 9.04. The first-order valence-corrected chi connectivity index (χ1v) is 11.8. The largest absolute Gasteiger partial charge is 0.507 e. The number of ether oxygens (including phenoxy) is 3. The second kappa shape index (κ2) is 9.46. The van der Waals surface area contributed by atoms with Crippen LogP contribution in [0.25, 0.3) is 5.76 Å². The molecule has 0 aromatic heterocycles. The van der Waals surface area contributed by atoms with Gasteiger partial charge in [-0.1, -0.05) is 18.2 Å². The predicted octanol–water partition coefficient (Wildman–Crippen LogP) is 4.63. The van der Waals surface area contributed by atoms with Gasteiger partial charge in [-0.25, -0.2) is 0 Å². The van der Waals surface area contributed by atoms with Crippen molar-refractivity contribution in [2.75, 3.05) is 18.1 Å². The Morgan fingerprint density at radius 1 is 0.946 bits per heavy atom. The van der Waals surface area contributed by atoms with Gasteiger partial charge < -0.3 is 19.3 Å². The van der Waals surface area contributed by atoms with Gasteiger partial charge in [-0.05, 0) is 73.0 Å². The lowest BCUT2D eigenvalue weighted by molar-refractivity contribution is -0.132. The molecular formula is C29H25NO7. The third kappa shape index (κ3) is 4.53. The van der Waals surface area contributed by atoms with Gasteiger partial charge in [0, 0.05) is 18.2 Å². The monoisotopic (exact) mass is 499 g/mol. The van der Waals surface area contributed by atoms with Crippen LogP contribution in [0.2, 0.25) is 0 Å². The number of benzene rings is 3. The molecule has 3 aromatic carbocycles. The molecule has 3 aromatic rings. The van der Waals surface area contributed by atoms with Crippen molar-refractivity contribution in [3.63, 3.8) is 0 Å². The van der Waals surface area contributed by atoms with Crippen molar-refractivity contribution < 1.29 is 33.7 Å². The van der Waals surface area contributed by atoms with E-state index in [4.69, 9.17) is 14.2 Å². The zero-order valence-electron chi connectivity index (χ0n) is 20.6. The molecule has 1 saturated heterocycles. The average Bonchev–Trinajstić information content (AvgIpc) is 3.13. The Balaban J connectivity index is 1.71. The summed E-state index contributed by atoms with van der Waals surface area (Å²) >= 11 is 0. The fourth-order valence-electron chi connectivity index (χ4n) is 4.76. The minimum atomic E-state index is -0.968. The fraction of sp³-hybridized carbons (Fsp3) is 0.207. The summed E-state index contributed by atoms with van der Waals surface area (Å²) in [7, 11) is 0. The molecule has 0 radical (unpaired) electrons. The molecule has 1 N–H and O–H groups in total. The number of carbonyl (C=O) groups is 3. The number of amides is 1. The number of nitrogens with zero attached hydrogens (tertiary/aromatic N) is 1. The lowest BCUT2D eigenvalue weighted by atomic mass is 9.94. The van der Waals surface area contributed by atoms with E-state index in [-0.39, 0.29) is 17.1 Å². The van der Waals surface area contributed by atoms with Gasteiger partial charge >= 0.3 is 5.97 Å². The van der Waals surface area contributed by atoms with Gasteiger partial charge in [0.25, 0.3) is 11.7 Å². The smallest absolute Gasteiger partial charge is 0.308 e. The molecule has 1 fully saturated rings.